The zero-order valence-electron chi connectivity index (χ0n) is 8.92. The lowest BCUT2D eigenvalue weighted by Crippen LogP contribution is -2.04. The van der Waals surface area contributed by atoms with Crippen LogP contribution in [0.3, 0.4) is 0 Å². The molecule has 0 aliphatic heterocycles. The number of hydrogen-bond donors (Lipinski definition) is 0. The van der Waals surface area contributed by atoms with Gasteiger partial charge in [-0.2, -0.15) is 0 Å². The predicted molar refractivity (Wildman–Crippen MR) is 67.7 cm³/mol. The summed E-state index contributed by atoms with van der Waals surface area (Å²) in [6.07, 6.45) is 0.950. The smallest absolute Gasteiger partial charge is 0.258 e. The Morgan fingerprint density at radius 1 is 1.47 bits per heavy atom. The van der Waals surface area contributed by atoms with Gasteiger partial charge in [-0.25, -0.2) is 8.42 Å². The van der Waals surface area contributed by atoms with Gasteiger partial charge in [0.25, 0.3) is 0 Å². The van der Waals surface area contributed by atoms with Crippen LogP contribution in [0.25, 0.3) is 0 Å². The first-order chi connectivity index (χ1) is 7.88. The summed E-state index contributed by atoms with van der Waals surface area (Å²) in [7, 11) is -3.61. The van der Waals surface area contributed by atoms with Gasteiger partial charge in [0.1, 0.15) is 4.90 Å². The number of hydrogen-bond acceptors (Lipinski definition) is 5. The largest absolute Gasteiger partial charge is 0.301 e. The maximum absolute atomic E-state index is 11.4. The highest BCUT2D eigenvalue weighted by Gasteiger charge is 2.25. The summed E-state index contributed by atoms with van der Waals surface area (Å²) < 4.78 is 22.9. The topological polar surface area (TPSA) is 77.3 Å². The van der Waals surface area contributed by atoms with E-state index < -0.39 is 14.8 Å². The molecule has 0 bridgehead atoms. The summed E-state index contributed by atoms with van der Waals surface area (Å²) in [5.41, 5.74) is -0.370. The fourth-order valence-corrected chi connectivity index (χ4v) is 3.20. The molecule has 0 saturated carbocycles. The van der Waals surface area contributed by atoms with Crippen LogP contribution in [-0.2, 0) is 9.84 Å². The zero-order chi connectivity index (χ0) is 13.1. The molecule has 0 aliphatic rings. The highest BCUT2D eigenvalue weighted by atomic mass is 35.5. The number of halogens is 1. The molecule has 0 spiro atoms. The van der Waals surface area contributed by atoms with Gasteiger partial charge >= 0.3 is 5.69 Å². The lowest BCUT2D eigenvalue weighted by Gasteiger charge is -2.05. The van der Waals surface area contributed by atoms with Gasteiger partial charge in [-0.3, -0.25) is 10.1 Å². The van der Waals surface area contributed by atoms with Crippen LogP contribution in [0.2, 0.25) is 0 Å². The number of benzene rings is 1. The van der Waals surface area contributed by atoms with Crippen LogP contribution < -0.4 is 0 Å². The third kappa shape index (κ3) is 3.58. The third-order valence-electron chi connectivity index (χ3n) is 1.88. The number of para-hydroxylation sites is 1. The van der Waals surface area contributed by atoms with Crippen molar-refractivity contribution in [1.82, 2.24) is 0 Å². The van der Waals surface area contributed by atoms with Crippen LogP contribution >= 0.6 is 23.4 Å². The Morgan fingerprint density at radius 2 is 2.12 bits per heavy atom. The number of nitrogens with zero attached hydrogens (tertiary/aromatic N) is 1. The first-order valence-electron chi connectivity index (χ1n) is 4.54. The van der Waals surface area contributed by atoms with Crippen molar-refractivity contribution in [1.29, 1.82) is 0 Å². The molecule has 8 heteroatoms. The molecule has 0 radical (unpaired) electrons. The number of alkyl halides is 1. The van der Waals surface area contributed by atoms with E-state index in [0.717, 1.165) is 6.26 Å². The standard InChI is InChI=1S/C9H10ClNO4S2/c1-17(14,15)8-4-2-3-7(16-6-5-10)9(8)11(12)13/h2-4H,5-6H2,1H3. The van der Waals surface area contributed by atoms with Gasteiger partial charge in [0.05, 0.1) is 9.82 Å². The van der Waals surface area contributed by atoms with Gasteiger partial charge in [0.2, 0.25) is 0 Å². The highest BCUT2D eigenvalue weighted by Crippen LogP contribution is 2.34. The minimum atomic E-state index is -3.61. The Kier molecular flexibility index (Phi) is 4.79. The summed E-state index contributed by atoms with van der Waals surface area (Å²) in [6, 6.07) is 4.24. The maximum atomic E-state index is 11.4. The Hall–Kier alpha value is -0.790. The number of thioether (sulfide) groups is 1. The van der Waals surface area contributed by atoms with E-state index >= 15 is 0 Å². The van der Waals surface area contributed by atoms with Gasteiger partial charge in [-0.05, 0) is 12.1 Å². The third-order valence-corrected chi connectivity index (χ3v) is 4.47. The minimum absolute atomic E-state index is 0.262. The van der Waals surface area contributed by atoms with Crippen molar-refractivity contribution < 1.29 is 13.3 Å². The minimum Gasteiger partial charge on any atom is -0.258 e. The second kappa shape index (κ2) is 5.70. The second-order valence-corrected chi connectivity index (χ2v) is 6.67. The monoisotopic (exact) mass is 295 g/mol. The molecule has 0 fully saturated rings. The molecule has 94 valence electrons. The first kappa shape index (κ1) is 14.3. The van der Waals surface area contributed by atoms with Crippen LogP contribution in [0.4, 0.5) is 5.69 Å². The van der Waals surface area contributed by atoms with Gasteiger partial charge in [0.15, 0.2) is 9.84 Å². The van der Waals surface area contributed by atoms with Crippen molar-refractivity contribution in [2.45, 2.75) is 9.79 Å². The van der Waals surface area contributed by atoms with Gasteiger partial charge in [0, 0.05) is 17.9 Å². The molecule has 0 aliphatic carbocycles. The summed E-state index contributed by atoms with van der Waals surface area (Å²) in [6.45, 7) is 0. The lowest BCUT2D eigenvalue weighted by atomic mass is 10.3. The fourth-order valence-electron chi connectivity index (χ4n) is 1.25. The average molecular weight is 296 g/mol. The Morgan fingerprint density at radius 3 is 2.59 bits per heavy atom. The Bertz CT molecular complexity index is 530. The summed E-state index contributed by atoms with van der Waals surface area (Å²) in [5, 5.41) is 10.9. The normalized spacial score (nSPS) is 11.4. The summed E-state index contributed by atoms with van der Waals surface area (Å²) in [4.78, 5) is 10.3. The predicted octanol–water partition coefficient (Wildman–Crippen LogP) is 2.33. The molecule has 0 aromatic heterocycles. The first-order valence-corrected chi connectivity index (χ1v) is 7.95. The van der Waals surface area contributed by atoms with Crippen molar-refractivity contribution in [3.05, 3.63) is 28.3 Å². The molecule has 17 heavy (non-hydrogen) atoms. The van der Waals surface area contributed by atoms with E-state index in [1.54, 1.807) is 0 Å². The zero-order valence-corrected chi connectivity index (χ0v) is 11.3. The van der Waals surface area contributed by atoms with Crippen molar-refractivity contribution in [2.75, 3.05) is 17.9 Å². The number of nitro groups is 1. The van der Waals surface area contributed by atoms with Gasteiger partial charge in [-0.1, -0.05) is 6.07 Å². The molecule has 1 rings (SSSR count). The average Bonchev–Trinajstić information content (AvgIpc) is 2.24. The van der Waals surface area contributed by atoms with Crippen LogP contribution in [-0.4, -0.2) is 31.2 Å². The van der Waals surface area contributed by atoms with Crippen molar-refractivity contribution in [2.24, 2.45) is 0 Å². The van der Waals surface area contributed by atoms with E-state index in [9.17, 15) is 18.5 Å². The van der Waals surface area contributed by atoms with E-state index in [1.165, 1.54) is 30.0 Å². The Labute approximate surface area is 108 Å². The summed E-state index contributed by atoms with van der Waals surface area (Å²) in [5.74, 6) is 0.820. The molecule has 5 nitrogen and oxygen atoms in total. The van der Waals surface area contributed by atoms with E-state index in [2.05, 4.69) is 0 Å². The molecular formula is C9H10ClNO4S2. The quantitative estimate of drug-likeness (QED) is 0.360. The lowest BCUT2D eigenvalue weighted by molar-refractivity contribution is -0.390. The van der Waals surface area contributed by atoms with Gasteiger partial charge in [-0.15, -0.1) is 23.4 Å². The van der Waals surface area contributed by atoms with E-state index in [4.69, 9.17) is 11.6 Å². The van der Waals surface area contributed by atoms with E-state index in [1.807, 2.05) is 0 Å². The van der Waals surface area contributed by atoms with E-state index in [0.29, 0.717) is 16.5 Å². The molecule has 0 amide bonds. The van der Waals surface area contributed by atoms with Crippen LogP contribution in [0.1, 0.15) is 0 Å². The molecule has 1 aromatic rings. The maximum Gasteiger partial charge on any atom is 0.301 e. The van der Waals surface area contributed by atoms with Crippen molar-refractivity contribution >= 4 is 38.9 Å². The van der Waals surface area contributed by atoms with E-state index in [-0.39, 0.29) is 10.6 Å². The van der Waals surface area contributed by atoms with Crippen LogP contribution in [0, 0.1) is 10.1 Å². The van der Waals surface area contributed by atoms with Crippen LogP contribution in [0.5, 0.6) is 0 Å². The SMILES string of the molecule is CS(=O)(=O)c1cccc(SCCCl)c1[N+](=O)[O-]. The second-order valence-electron chi connectivity index (χ2n) is 3.17. The molecular weight excluding hydrogens is 286 g/mol. The molecule has 0 saturated heterocycles. The molecule has 0 atom stereocenters. The molecule has 1 aromatic carbocycles. The van der Waals surface area contributed by atoms with Crippen molar-refractivity contribution in [3.8, 4) is 0 Å². The van der Waals surface area contributed by atoms with Crippen LogP contribution in [0.15, 0.2) is 28.0 Å². The number of sulfone groups is 1. The van der Waals surface area contributed by atoms with Crippen molar-refractivity contribution in [3.63, 3.8) is 0 Å². The Balaban J connectivity index is 3.38. The fraction of sp³-hybridized carbons (Fsp3) is 0.333. The molecule has 0 N–H and O–H groups in total. The highest BCUT2D eigenvalue weighted by molar-refractivity contribution is 7.99. The molecule has 0 heterocycles. The number of rotatable bonds is 5. The summed E-state index contributed by atoms with van der Waals surface area (Å²) >= 11 is 6.67. The molecule has 0 unspecified atom stereocenters. The van der Waals surface area contributed by atoms with Gasteiger partial charge < -0.3 is 0 Å². The number of nitro benzene ring substituents is 1.